The summed E-state index contributed by atoms with van der Waals surface area (Å²) in [7, 11) is 2.13. The van der Waals surface area contributed by atoms with Crippen LogP contribution in [0.3, 0.4) is 0 Å². The van der Waals surface area contributed by atoms with Crippen LogP contribution in [-0.4, -0.2) is 13.6 Å². The van der Waals surface area contributed by atoms with Crippen molar-refractivity contribution < 1.29 is 0 Å². The summed E-state index contributed by atoms with van der Waals surface area (Å²) in [5, 5.41) is 3.44. The van der Waals surface area contributed by atoms with Crippen molar-refractivity contribution in [1.29, 1.82) is 0 Å². The van der Waals surface area contributed by atoms with Gasteiger partial charge in [-0.3, -0.25) is 0 Å². The summed E-state index contributed by atoms with van der Waals surface area (Å²) >= 11 is 0. The first-order valence-corrected chi connectivity index (χ1v) is 9.96. The number of unbranched alkanes of at least 4 members (excludes halogenated alkanes) is 6. The number of rotatable bonds is 12. The summed E-state index contributed by atoms with van der Waals surface area (Å²) in [6.07, 6.45) is 19.0. The highest BCUT2D eigenvalue weighted by Gasteiger charge is 2.29. The van der Waals surface area contributed by atoms with E-state index in [-0.39, 0.29) is 0 Å². The third-order valence-corrected chi connectivity index (χ3v) is 5.59. The molecule has 1 aliphatic rings. The maximum absolute atomic E-state index is 3.44. The molecule has 0 spiro atoms. The minimum absolute atomic E-state index is 0.961. The highest BCUT2D eigenvalue weighted by atomic mass is 14.8. The van der Waals surface area contributed by atoms with Crippen LogP contribution in [0.2, 0.25) is 0 Å². The van der Waals surface area contributed by atoms with Gasteiger partial charge in [-0.15, -0.1) is 0 Å². The Labute approximate surface area is 134 Å². The van der Waals surface area contributed by atoms with Crippen LogP contribution in [0.15, 0.2) is 0 Å². The van der Waals surface area contributed by atoms with Crippen molar-refractivity contribution in [2.24, 2.45) is 17.8 Å². The molecule has 1 rings (SSSR count). The molecule has 3 unspecified atom stereocenters. The minimum Gasteiger partial charge on any atom is -0.319 e. The van der Waals surface area contributed by atoms with E-state index in [0.29, 0.717) is 0 Å². The largest absolute Gasteiger partial charge is 0.319 e. The Hall–Kier alpha value is -0.0400. The second-order valence-corrected chi connectivity index (χ2v) is 7.46. The van der Waals surface area contributed by atoms with Gasteiger partial charge in [0, 0.05) is 0 Å². The topological polar surface area (TPSA) is 12.0 Å². The number of hydrogen-bond donors (Lipinski definition) is 1. The van der Waals surface area contributed by atoms with Crippen LogP contribution in [0.1, 0.15) is 97.3 Å². The highest BCUT2D eigenvalue weighted by molar-refractivity contribution is 4.81. The lowest BCUT2D eigenvalue weighted by atomic mass is 9.71. The second-order valence-electron chi connectivity index (χ2n) is 7.46. The quantitative estimate of drug-likeness (QED) is 0.424. The fraction of sp³-hybridized carbons (Fsp3) is 1.00. The summed E-state index contributed by atoms with van der Waals surface area (Å²) < 4.78 is 0. The summed E-state index contributed by atoms with van der Waals surface area (Å²) in [6.45, 7) is 5.91. The van der Waals surface area contributed by atoms with Gasteiger partial charge in [0.25, 0.3) is 0 Å². The Morgan fingerprint density at radius 1 is 0.762 bits per heavy atom. The zero-order valence-corrected chi connectivity index (χ0v) is 15.1. The molecular formula is C20H41N. The maximum Gasteiger partial charge on any atom is -0.00209 e. The molecule has 1 aliphatic carbocycles. The second kappa shape index (κ2) is 12.5. The third kappa shape index (κ3) is 8.24. The molecule has 0 aromatic rings. The van der Waals surface area contributed by atoms with Crippen LogP contribution in [0.5, 0.6) is 0 Å². The smallest absolute Gasteiger partial charge is 0.00209 e. The zero-order valence-electron chi connectivity index (χ0n) is 15.1. The predicted octanol–water partition coefficient (Wildman–Crippen LogP) is 6.18. The minimum atomic E-state index is 0.961. The molecule has 0 saturated heterocycles. The highest BCUT2D eigenvalue weighted by Crippen LogP contribution is 2.38. The maximum atomic E-state index is 3.44. The van der Waals surface area contributed by atoms with Gasteiger partial charge in [0.15, 0.2) is 0 Å². The molecular weight excluding hydrogens is 254 g/mol. The molecule has 0 radical (unpaired) electrons. The Morgan fingerprint density at radius 2 is 1.48 bits per heavy atom. The van der Waals surface area contributed by atoms with Gasteiger partial charge in [0.2, 0.25) is 0 Å². The van der Waals surface area contributed by atoms with Crippen molar-refractivity contribution in [3.8, 4) is 0 Å². The molecule has 0 amide bonds. The molecule has 3 atom stereocenters. The van der Waals surface area contributed by atoms with Gasteiger partial charge in [-0.1, -0.05) is 84.5 Å². The van der Waals surface area contributed by atoms with Gasteiger partial charge in [-0.25, -0.2) is 0 Å². The normalized spacial score (nSPS) is 26.1. The first kappa shape index (κ1) is 19.0. The average Bonchev–Trinajstić information content (AvgIpc) is 2.49. The van der Waals surface area contributed by atoms with E-state index in [1.165, 1.54) is 90.0 Å². The van der Waals surface area contributed by atoms with Crippen molar-refractivity contribution in [1.82, 2.24) is 5.32 Å². The van der Waals surface area contributed by atoms with Gasteiger partial charge < -0.3 is 5.32 Å². The molecule has 126 valence electrons. The molecule has 0 aromatic heterocycles. The standard InChI is InChI=1S/C20H41N/c1-4-6-7-8-9-10-11-13-19-16-18(12-5-2)14-15-20(19)17-21-3/h18-21H,4-17H2,1-3H3. The Morgan fingerprint density at radius 3 is 2.14 bits per heavy atom. The summed E-state index contributed by atoms with van der Waals surface area (Å²) in [4.78, 5) is 0. The molecule has 1 saturated carbocycles. The summed E-state index contributed by atoms with van der Waals surface area (Å²) in [5.41, 5.74) is 0. The van der Waals surface area contributed by atoms with Gasteiger partial charge in [-0.05, 0) is 44.2 Å². The Bertz CT molecular complexity index is 226. The molecule has 1 heteroatoms. The molecule has 0 aromatic carbocycles. The lowest BCUT2D eigenvalue weighted by molar-refractivity contribution is 0.158. The van der Waals surface area contributed by atoms with E-state index in [0.717, 1.165) is 17.8 Å². The van der Waals surface area contributed by atoms with Crippen molar-refractivity contribution >= 4 is 0 Å². The Balaban J connectivity index is 2.20. The lowest BCUT2D eigenvalue weighted by Crippen LogP contribution is -2.31. The van der Waals surface area contributed by atoms with Crippen LogP contribution in [0.25, 0.3) is 0 Å². The van der Waals surface area contributed by atoms with E-state index in [1.54, 1.807) is 0 Å². The molecule has 1 nitrogen and oxygen atoms in total. The molecule has 0 aliphatic heterocycles. The molecule has 0 bridgehead atoms. The molecule has 1 fully saturated rings. The van der Waals surface area contributed by atoms with E-state index in [2.05, 4.69) is 26.2 Å². The van der Waals surface area contributed by atoms with Gasteiger partial charge in [0.05, 0.1) is 0 Å². The average molecular weight is 296 g/mol. The third-order valence-electron chi connectivity index (χ3n) is 5.59. The first-order valence-electron chi connectivity index (χ1n) is 9.96. The van der Waals surface area contributed by atoms with Gasteiger partial charge in [-0.2, -0.15) is 0 Å². The van der Waals surface area contributed by atoms with E-state index in [4.69, 9.17) is 0 Å². The van der Waals surface area contributed by atoms with Crippen molar-refractivity contribution in [3.05, 3.63) is 0 Å². The monoisotopic (exact) mass is 295 g/mol. The lowest BCUT2D eigenvalue weighted by Gasteiger charge is -2.36. The van der Waals surface area contributed by atoms with Crippen LogP contribution >= 0.6 is 0 Å². The molecule has 1 N–H and O–H groups in total. The summed E-state index contributed by atoms with van der Waals surface area (Å²) in [5.74, 6) is 3.01. The number of hydrogen-bond acceptors (Lipinski definition) is 1. The summed E-state index contributed by atoms with van der Waals surface area (Å²) in [6, 6.07) is 0. The first-order chi connectivity index (χ1) is 10.3. The van der Waals surface area contributed by atoms with Crippen LogP contribution < -0.4 is 5.32 Å². The van der Waals surface area contributed by atoms with E-state index in [9.17, 15) is 0 Å². The zero-order chi connectivity index (χ0) is 15.3. The fourth-order valence-corrected chi connectivity index (χ4v) is 4.34. The van der Waals surface area contributed by atoms with Gasteiger partial charge >= 0.3 is 0 Å². The van der Waals surface area contributed by atoms with E-state index >= 15 is 0 Å². The van der Waals surface area contributed by atoms with Crippen molar-refractivity contribution in [2.75, 3.05) is 13.6 Å². The van der Waals surface area contributed by atoms with E-state index in [1.807, 2.05) is 0 Å². The van der Waals surface area contributed by atoms with Crippen molar-refractivity contribution in [2.45, 2.75) is 97.3 Å². The van der Waals surface area contributed by atoms with Crippen LogP contribution in [0, 0.1) is 17.8 Å². The fourth-order valence-electron chi connectivity index (χ4n) is 4.34. The predicted molar refractivity (Wildman–Crippen MR) is 95.8 cm³/mol. The van der Waals surface area contributed by atoms with E-state index < -0.39 is 0 Å². The Kier molecular flexibility index (Phi) is 11.3. The van der Waals surface area contributed by atoms with Crippen LogP contribution in [0.4, 0.5) is 0 Å². The molecule has 0 heterocycles. The van der Waals surface area contributed by atoms with Crippen LogP contribution in [-0.2, 0) is 0 Å². The molecule has 21 heavy (non-hydrogen) atoms. The number of nitrogens with one attached hydrogen (secondary N) is 1. The van der Waals surface area contributed by atoms with Crippen molar-refractivity contribution in [3.63, 3.8) is 0 Å². The van der Waals surface area contributed by atoms with Gasteiger partial charge in [0.1, 0.15) is 0 Å². The SMILES string of the molecule is CCCCCCCCCC1CC(CCC)CCC1CNC.